The molecule has 3 rings (SSSR count). The summed E-state index contributed by atoms with van der Waals surface area (Å²) in [7, 11) is -3.55. The van der Waals surface area contributed by atoms with Gasteiger partial charge in [-0.1, -0.05) is 18.6 Å². The van der Waals surface area contributed by atoms with Crippen LogP contribution in [0.3, 0.4) is 0 Å². The fourth-order valence-electron chi connectivity index (χ4n) is 3.23. The molecular weight excluding hydrogens is 390 g/mol. The molecule has 1 saturated heterocycles. The Kier molecular flexibility index (Phi) is 6.49. The maximum absolute atomic E-state index is 12.7. The van der Waals surface area contributed by atoms with E-state index in [-0.39, 0.29) is 22.8 Å². The fraction of sp³-hybridized carbons (Fsp3) is 0.364. The molecular formula is C22H25NO5S. The Hall–Kier alpha value is -2.51. The number of Topliss-reactive ketones (excluding diaryl/α,β-unsaturated/α-hetero) is 1. The first-order valence-corrected chi connectivity index (χ1v) is 11.1. The van der Waals surface area contributed by atoms with E-state index in [2.05, 4.69) is 0 Å². The molecule has 0 N–H and O–H groups in total. The molecule has 2 aromatic rings. The Morgan fingerprint density at radius 1 is 0.897 bits per heavy atom. The number of rotatable bonds is 6. The van der Waals surface area contributed by atoms with Crippen LogP contribution in [0.2, 0.25) is 0 Å². The van der Waals surface area contributed by atoms with Gasteiger partial charge in [0.05, 0.1) is 10.5 Å². The van der Waals surface area contributed by atoms with Crippen molar-refractivity contribution in [3.05, 3.63) is 64.7 Å². The molecule has 0 atom stereocenters. The van der Waals surface area contributed by atoms with E-state index < -0.39 is 16.0 Å². The molecule has 1 fully saturated rings. The van der Waals surface area contributed by atoms with Gasteiger partial charge in [0.1, 0.15) is 0 Å². The zero-order valence-corrected chi connectivity index (χ0v) is 17.5. The van der Waals surface area contributed by atoms with E-state index in [0.717, 1.165) is 30.4 Å². The lowest BCUT2D eigenvalue weighted by atomic mass is 10.0. The van der Waals surface area contributed by atoms with Gasteiger partial charge in [0, 0.05) is 18.7 Å². The molecule has 7 heteroatoms. The summed E-state index contributed by atoms with van der Waals surface area (Å²) in [5, 5.41) is 0. The highest BCUT2D eigenvalue weighted by Crippen LogP contribution is 2.21. The van der Waals surface area contributed by atoms with Crippen molar-refractivity contribution < 1.29 is 22.7 Å². The summed E-state index contributed by atoms with van der Waals surface area (Å²) in [5.74, 6) is -0.949. The van der Waals surface area contributed by atoms with Crippen LogP contribution in [0.15, 0.2) is 47.4 Å². The molecule has 6 nitrogen and oxygen atoms in total. The van der Waals surface area contributed by atoms with Crippen LogP contribution in [0.1, 0.15) is 51.1 Å². The number of esters is 1. The first-order chi connectivity index (χ1) is 13.8. The average molecular weight is 416 g/mol. The summed E-state index contributed by atoms with van der Waals surface area (Å²) in [5.41, 5.74) is 2.77. The highest BCUT2D eigenvalue weighted by atomic mass is 32.2. The Balaban J connectivity index is 1.62. The van der Waals surface area contributed by atoms with Gasteiger partial charge >= 0.3 is 5.97 Å². The van der Waals surface area contributed by atoms with Crippen molar-refractivity contribution in [2.45, 2.75) is 38.0 Å². The van der Waals surface area contributed by atoms with Crippen LogP contribution in [0.5, 0.6) is 0 Å². The molecule has 1 heterocycles. The molecule has 29 heavy (non-hydrogen) atoms. The molecule has 0 radical (unpaired) electrons. The second-order valence-electron chi connectivity index (χ2n) is 7.29. The smallest absolute Gasteiger partial charge is 0.338 e. The molecule has 0 aliphatic carbocycles. The van der Waals surface area contributed by atoms with E-state index in [9.17, 15) is 18.0 Å². The number of benzene rings is 2. The molecule has 0 bridgehead atoms. The van der Waals surface area contributed by atoms with Crippen molar-refractivity contribution in [3.8, 4) is 0 Å². The number of carbonyl (C=O) groups excluding carboxylic acids is 2. The molecule has 0 unspecified atom stereocenters. The van der Waals surface area contributed by atoms with E-state index in [1.54, 1.807) is 12.1 Å². The number of carbonyl (C=O) groups is 2. The number of hydrogen-bond donors (Lipinski definition) is 0. The van der Waals surface area contributed by atoms with Gasteiger partial charge in [-0.05, 0) is 68.1 Å². The van der Waals surface area contributed by atoms with Crippen LogP contribution in [0.25, 0.3) is 0 Å². The lowest BCUT2D eigenvalue weighted by Crippen LogP contribution is -2.35. The van der Waals surface area contributed by atoms with Crippen molar-refractivity contribution >= 4 is 21.8 Å². The van der Waals surface area contributed by atoms with Gasteiger partial charge in [0.25, 0.3) is 0 Å². The molecule has 0 aromatic heterocycles. The number of hydrogen-bond acceptors (Lipinski definition) is 5. The summed E-state index contributed by atoms with van der Waals surface area (Å²) in [6.07, 6.45) is 2.76. The third-order valence-electron chi connectivity index (χ3n) is 5.21. The van der Waals surface area contributed by atoms with Crippen LogP contribution < -0.4 is 0 Å². The van der Waals surface area contributed by atoms with Crippen LogP contribution in [-0.2, 0) is 14.8 Å². The number of aryl methyl sites for hydroxylation is 2. The van der Waals surface area contributed by atoms with Gasteiger partial charge in [-0.3, -0.25) is 4.79 Å². The third kappa shape index (κ3) is 4.92. The molecule has 1 aliphatic heterocycles. The number of nitrogens with zero attached hydrogens (tertiary/aromatic N) is 1. The largest absolute Gasteiger partial charge is 0.454 e. The van der Waals surface area contributed by atoms with Gasteiger partial charge in [-0.15, -0.1) is 0 Å². The monoisotopic (exact) mass is 415 g/mol. The van der Waals surface area contributed by atoms with Crippen LogP contribution in [0, 0.1) is 13.8 Å². The molecule has 1 aliphatic rings. The van der Waals surface area contributed by atoms with Gasteiger partial charge in [-0.2, -0.15) is 4.31 Å². The second-order valence-corrected chi connectivity index (χ2v) is 9.23. The number of piperidine rings is 1. The average Bonchev–Trinajstić information content (AvgIpc) is 2.74. The zero-order valence-electron chi connectivity index (χ0n) is 16.7. The lowest BCUT2D eigenvalue weighted by Gasteiger charge is -2.25. The number of ketones is 1. The molecule has 0 saturated carbocycles. The summed E-state index contributed by atoms with van der Waals surface area (Å²) in [6, 6.07) is 11.0. The normalized spacial score (nSPS) is 15.1. The number of ether oxygens (including phenoxy) is 1. The predicted octanol–water partition coefficient (Wildman–Crippen LogP) is 3.52. The minimum Gasteiger partial charge on any atom is -0.454 e. The topological polar surface area (TPSA) is 80.8 Å². The maximum atomic E-state index is 12.7. The Bertz CT molecular complexity index is 1010. The van der Waals surface area contributed by atoms with Crippen molar-refractivity contribution in [2.24, 2.45) is 0 Å². The quantitative estimate of drug-likeness (QED) is 0.533. The van der Waals surface area contributed by atoms with Gasteiger partial charge in [0.15, 0.2) is 12.4 Å². The Morgan fingerprint density at radius 2 is 1.52 bits per heavy atom. The molecule has 0 spiro atoms. The SMILES string of the molecule is Cc1ccc(C(=O)COC(=O)c2ccc(S(=O)(=O)N3CCCCC3)cc2)cc1C. The summed E-state index contributed by atoms with van der Waals surface area (Å²) in [6.45, 7) is 4.55. The highest BCUT2D eigenvalue weighted by Gasteiger charge is 2.26. The highest BCUT2D eigenvalue weighted by molar-refractivity contribution is 7.89. The lowest BCUT2D eigenvalue weighted by molar-refractivity contribution is 0.0474. The van der Waals surface area contributed by atoms with E-state index in [4.69, 9.17) is 4.74 Å². The predicted molar refractivity (Wildman–Crippen MR) is 110 cm³/mol. The van der Waals surface area contributed by atoms with E-state index in [1.165, 1.54) is 28.6 Å². The fourth-order valence-corrected chi connectivity index (χ4v) is 4.75. The van der Waals surface area contributed by atoms with E-state index in [0.29, 0.717) is 18.7 Å². The van der Waals surface area contributed by atoms with E-state index in [1.807, 2.05) is 19.9 Å². The standard InChI is InChI=1S/C22H25NO5S/c1-16-6-7-19(14-17(16)2)21(24)15-28-22(25)18-8-10-20(11-9-18)29(26,27)23-12-4-3-5-13-23/h6-11,14H,3-5,12-13,15H2,1-2H3. The van der Waals surface area contributed by atoms with Crippen molar-refractivity contribution in [2.75, 3.05) is 19.7 Å². The summed E-state index contributed by atoms with van der Waals surface area (Å²) in [4.78, 5) is 24.6. The minimum atomic E-state index is -3.55. The second kappa shape index (κ2) is 8.88. The summed E-state index contributed by atoms with van der Waals surface area (Å²) >= 11 is 0. The van der Waals surface area contributed by atoms with Crippen LogP contribution in [0.4, 0.5) is 0 Å². The minimum absolute atomic E-state index is 0.155. The summed E-state index contributed by atoms with van der Waals surface area (Å²) < 4.78 is 31.9. The van der Waals surface area contributed by atoms with E-state index >= 15 is 0 Å². The van der Waals surface area contributed by atoms with Crippen molar-refractivity contribution in [3.63, 3.8) is 0 Å². The third-order valence-corrected chi connectivity index (χ3v) is 7.12. The maximum Gasteiger partial charge on any atom is 0.338 e. The number of sulfonamides is 1. The molecule has 154 valence electrons. The van der Waals surface area contributed by atoms with Gasteiger partial charge in [-0.25, -0.2) is 13.2 Å². The first-order valence-electron chi connectivity index (χ1n) is 9.67. The van der Waals surface area contributed by atoms with Crippen molar-refractivity contribution in [1.29, 1.82) is 0 Å². The Labute approximate surface area is 171 Å². The van der Waals surface area contributed by atoms with Crippen LogP contribution >= 0.6 is 0 Å². The van der Waals surface area contributed by atoms with Crippen molar-refractivity contribution in [1.82, 2.24) is 4.31 Å². The first kappa shape index (κ1) is 21.2. The van der Waals surface area contributed by atoms with Gasteiger partial charge in [0.2, 0.25) is 10.0 Å². The van der Waals surface area contributed by atoms with Crippen LogP contribution in [-0.4, -0.2) is 44.2 Å². The van der Waals surface area contributed by atoms with Gasteiger partial charge < -0.3 is 4.74 Å². The molecule has 2 aromatic carbocycles. The zero-order chi connectivity index (χ0) is 21.0. The Morgan fingerprint density at radius 3 is 2.14 bits per heavy atom. The molecule has 0 amide bonds.